The van der Waals surface area contributed by atoms with E-state index in [1.54, 1.807) is 0 Å². The minimum atomic E-state index is -0.788. The van der Waals surface area contributed by atoms with Crippen LogP contribution >= 0.6 is 0 Å². The molecule has 0 aliphatic carbocycles. The van der Waals surface area contributed by atoms with Gasteiger partial charge in [0.2, 0.25) is 0 Å². The molecule has 1 heterocycles. The maximum atomic E-state index is 10.2. The lowest BCUT2D eigenvalue weighted by Crippen LogP contribution is -2.26. The van der Waals surface area contributed by atoms with E-state index >= 15 is 0 Å². The summed E-state index contributed by atoms with van der Waals surface area (Å²) in [4.78, 5) is 10.2. The zero-order valence-corrected chi connectivity index (χ0v) is 6.12. The van der Waals surface area contributed by atoms with Crippen molar-refractivity contribution in [1.82, 2.24) is 5.32 Å². The van der Waals surface area contributed by atoms with Crippen molar-refractivity contribution in [3.63, 3.8) is 0 Å². The molecule has 0 aromatic heterocycles. The molecule has 1 rings (SSSR count). The van der Waals surface area contributed by atoms with E-state index in [2.05, 4.69) is 10.1 Å². The molecule has 0 radical (unpaired) electrons. The van der Waals surface area contributed by atoms with E-state index in [0.29, 0.717) is 13.1 Å². The van der Waals surface area contributed by atoms with Crippen LogP contribution in [-0.2, 0) is 4.74 Å². The van der Waals surface area contributed by atoms with Gasteiger partial charge in [0.1, 0.15) is 0 Å². The normalized spacial score (nSPS) is 30.3. The van der Waals surface area contributed by atoms with Gasteiger partial charge in [-0.25, -0.2) is 4.79 Å². The van der Waals surface area contributed by atoms with Crippen molar-refractivity contribution >= 4 is 6.09 Å². The van der Waals surface area contributed by atoms with Gasteiger partial charge in [-0.2, -0.15) is 0 Å². The van der Waals surface area contributed by atoms with Crippen molar-refractivity contribution in [3.8, 4) is 0 Å². The van der Waals surface area contributed by atoms with E-state index in [9.17, 15) is 9.90 Å². The number of hydrogen-bond donors (Lipinski definition) is 3. The fourth-order valence-corrected chi connectivity index (χ4v) is 1.08. The van der Waals surface area contributed by atoms with Crippen LogP contribution in [-0.4, -0.2) is 37.0 Å². The highest BCUT2D eigenvalue weighted by atomic mass is 16.5. The minimum absolute atomic E-state index is 0.0116. The summed E-state index contributed by atoms with van der Waals surface area (Å²) < 4.78 is 4.54. The standard InChI is InChI=1S/C6H12N2O3/c7-6(10)11-3-4-1-8-2-5(4)9/h4-5,8-9H,1-3H2,(H2,7,10)/t4-,5+/m0/s1. The van der Waals surface area contributed by atoms with Crippen LogP contribution in [0.4, 0.5) is 4.79 Å². The minimum Gasteiger partial charge on any atom is -0.449 e. The Morgan fingerprint density at radius 2 is 2.45 bits per heavy atom. The fourth-order valence-electron chi connectivity index (χ4n) is 1.08. The Morgan fingerprint density at radius 3 is 2.91 bits per heavy atom. The van der Waals surface area contributed by atoms with Crippen LogP contribution in [0.25, 0.3) is 0 Å². The lowest BCUT2D eigenvalue weighted by molar-refractivity contribution is 0.0851. The number of hydrogen-bond acceptors (Lipinski definition) is 4. The molecule has 0 aromatic carbocycles. The Bertz CT molecular complexity index is 151. The molecule has 1 saturated heterocycles. The summed E-state index contributed by atoms with van der Waals surface area (Å²) in [5, 5.41) is 12.2. The first kappa shape index (κ1) is 8.29. The summed E-state index contributed by atoms with van der Waals surface area (Å²) in [6.45, 7) is 1.44. The van der Waals surface area contributed by atoms with Gasteiger partial charge in [-0.1, -0.05) is 0 Å². The van der Waals surface area contributed by atoms with E-state index in [1.807, 2.05) is 0 Å². The van der Waals surface area contributed by atoms with E-state index in [0.717, 1.165) is 0 Å². The number of primary amides is 1. The molecule has 64 valence electrons. The van der Waals surface area contributed by atoms with Crippen LogP contribution in [0.5, 0.6) is 0 Å². The maximum Gasteiger partial charge on any atom is 0.404 e. The van der Waals surface area contributed by atoms with E-state index in [1.165, 1.54) is 0 Å². The largest absolute Gasteiger partial charge is 0.449 e. The molecule has 0 aromatic rings. The SMILES string of the molecule is NC(=O)OC[C@@H]1CNC[C@H]1O. The summed E-state index contributed by atoms with van der Waals surface area (Å²) in [6, 6.07) is 0. The molecule has 4 N–H and O–H groups in total. The second-order valence-electron chi connectivity index (χ2n) is 2.62. The van der Waals surface area contributed by atoms with Gasteiger partial charge in [0, 0.05) is 19.0 Å². The van der Waals surface area contributed by atoms with Gasteiger partial charge in [-0.05, 0) is 0 Å². The van der Waals surface area contributed by atoms with Crippen molar-refractivity contribution in [3.05, 3.63) is 0 Å². The molecule has 0 bridgehead atoms. The molecule has 5 heteroatoms. The van der Waals surface area contributed by atoms with Crippen molar-refractivity contribution in [2.75, 3.05) is 19.7 Å². The number of carbonyl (C=O) groups excluding carboxylic acids is 1. The zero-order valence-electron chi connectivity index (χ0n) is 6.12. The van der Waals surface area contributed by atoms with Gasteiger partial charge in [0.25, 0.3) is 0 Å². The van der Waals surface area contributed by atoms with E-state index in [-0.39, 0.29) is 12.5 Å². The number of amides is 1. The molecule has 1 aliphatic rings. The Kier molecular flexibility index (Phi) is 2.67. The third-order valence-electron chi connectivity index (χ3n) is 1.74. The lowest BCUT2D eigenvalue weighted by atomic mass is 10.1. The number of nitrogens with one attached hydrogen (secondary N) is 1. The number of nitrogens with two attached hydrogens (primary N) is 1. The van der Waals surface area contributed by atoms with Crippen molar-refractivity contribution < 1.29 is 14.6 Å². The van der Waals surface area contributed by atoms with Crippen molar-refractivity contribution in [2.24, 2.45) is 11.7 Å². The molecule has 0 saturated carbocycles. The van der Waals surface area contributed by atoms with Crippen LogP contribution in [0.1, 0.15) is 0 Å². The Morgan fingerprint density at radius 1 is 1.73 bits per heavy atom. The fraction of sp³-hybridized carbons (Fsp3) is 0.833. The Hall–Kier alpha value is -0.810. The second kappa shape index (κ2) is 3.54. The van der Waals surface area contributed by atoms with Gasteiger partial charge in [-0.15, -0.1) is 0 Å². The Balaban J connectivity index is 2.20. The Labute approximate surface area is 64.5 Å². The van der Waals surface area contributed by atoms with Gasteiger partial charge in [0.15, 0.2) is 0 Å². The monoisotopic (exact) mass is 160 g/mol. The molecule has 1 fully saturated rings. The third kappa shape index (κ3) is 2.36. The molecular formula is C6H12N2O3. The number of β-amino-alcohol motifs (C(OH)–C–C–N with tert-alkyl or cyclic N) is 1. The van der Waals surface area contributed by atoms with Crippen LogP contribution in [0, 0.1) is 5.92 Å². The smallest absolute Gasteiger partial charge is 0.404 e. The van der Waals surface area contributed by atoms with Crippen LogP contribution in [0.3, 0.4) is 0 Å². The highest BCUT2D eigenvalue weighted by Gasteiger charge is 2.25. The van der Waals surface area contributed by atoms with Crippen molar-refractivity contribution in [1.29, 1.82) is 0 Å². The molecule has 2 atom stereocenters. The van der Waals surface area contributed by atoms with Gasteiger partial charge < -0.3 is 20.9 Å². The van der Waals surface area contributed by atoms with Gasteiger partial charge in [0.05, 0.1) is 12.7 Å². The second-order valence-corrected chi connectivity index (χ2v) is 2.62. The number of rotatable bonds is 2. The molecule has 0 spiro atoms. The summed E-state index contributed by atoms with van der Waals surface area (Å²) >= 11 is 0. The molecule has 1 aliphatic heterocycles. The summed E-state index contributed by atoms with van der Waals surface area (Å²) in [5.74, 6) is -0.0116. The lowest BCUT2D eigenvalue weighted by Gasteiger charge is -2.11. The third-order valence-corrected chi connectivity index (χ3v) is 1.74. The van der Waals surface area contributed by atoms with Crippen LogP contribution in [0.15, 0.2) is 0 Å². The number of carbonyl (C=O) groups is 1. The predicted octanol–water partition coefficient (Wildman–Crippen LogP) is -1.34. The van der Waals surface area contributed by atoms with Crippen molar-refractivity contribution in [2.45, 2.75) is 6.10 Å². The summed E-state index contributed by atoms with van der Waals surface area (Å²) in [6.07, 6.45) is -1.21. The topological polar surface area (TPSA) is 84.6 Å². The zero-order chi connectivity index (χ0) is 8.27. The van der Waals surface area contributed by atoms with Gasteiger partial charge in [-0.3, -0.25) is 0 Å². The van der Waals surface area contributed by atoms with E-state index < -0.39 is 12.2 Å². The predicted molar refractivity (Wildman–Crippen MR) is 37.9 cm³/mol. The van der Waals surface area contributed by atoms with Gasteiger partial charge >= 0.3 is 6.09 Å². The summed E-state index contributed by atoms with van der Waals surface area (Å²) in [5.41, 5.74) is 4.75. The average Bonchev–Trinajstić information content (AvgIpc) is 2.31. The molecular weight excluding hydrogens is 148 g/mol. The highest BCUT2D eigenvalue weighted by Crippen LogP contribution is 2.08. The molecule has 1 amide bonds. The maximum absolute atomic E-state index is 10.2. The average molecular weight is 160 g/mol. The summed E-state index contributed by atoms with van der Waals surface area (Å²) in [7, 11) is 0. The first-order valence-electron chi connectivity index (χ1n) is 3.51. The number of aliphatic hydroxyl groups excluding tert-OH is 1. The van der Waals surface area contributed by atoms with Crippen LogP contribution < -0.4 is 11.1 Å². The molecule has 0 unspecified atom stereocenters. The first-order valence-corrected chi connectivity index (χ1v) is 3.51. The highest BCUT2D eigenvalue weighted by molar-refractivity contribution is 5.64. The number of aliphatic hydroxyl groups is 1. The van der Waals surface area contributed by atoms with Crippen LogP contribution in [0.2, 0.25) is 0 Å². The first-order chi connectivity index (χ1) is 5.20. The molecule has 11 heavy (non-hydrogen) atoms. The molecule has 5 nitrogen and oxygen atoms in total. The number of ether oxygens (including phenoxy) is 1. The quantitative estimate of drug-likeness (QED) is 0.467. The van der Waals surface area contributed by atoms with E-state index in [4.69, 9.17) is 5.73 Å².